The molecule has 0 radical (unpaired) electrons. The van der Waals surface area contributed by atoms with Gasteiger partial charge in [0.1, 0.15) is 29.3 Å². The molecule has 2 unspecified atom stereocenters. The predicted molar refractivity (Wildman–Crippen MR) is 110 cm³/mol. The van der Waals surface area contributed by atoms with Crippen molar-refractivity contribution in [3.8, 4) is 12.3 Å². The normalized spacial score (nSPS) is 15.9. The average Bonchev–Trinajstić information content (AvgIpc) is 2.72. The number of nitrogens with two attached hydrogens (primary N) is 2. The summed E-state index contributed by atoms with van der Waals surface area (Å²) in [6.07, 6.45) is 2.85. The molecule has 9 nitrogen and oxygen atoms in total. The maximum atomic E-state index is 9.44. The van der Waals surface area contributed by atoms with E-state index in [0.717, 1.165) is 17.5 Å². The molecule has 0 spiro atoms. The minimum Gasteiger partial charge on any atom is -0.397 e. The van der Waals surface area contributed by atoms with Gasteiger partial charge in [0.2, 0.25) is 5.96 Å². The number of ether oxygens (including phenoxy) is 1. The number of nitriles is 2. The summed E-state index contributed by atoms with van der Waals surface area (Å²) in [6, 6.07) is 9.11. The van der Waals surface area contributed by atoms with Gasteiger partial charge in [-0.25, -0.2) is 9.98 Å². The molecule has 6 N–H and O–H groups in total. The first-order valence-electron chi connectivity index (χ1n) is 9.18. The summed E-state index contributed by atoms with van der Waals surface area (Å²) in [5.74, 6) is 0.592. The summed E-state index contributed by atoms with van der Waals surface area (Å²) < 4.78 is 5.91. The van der Waals surface area contributed by atoms with Crippen molar-refractivity contribution < 1.29 is 4.74 Å². The molecule has 1 aliphatic rings. The van der Waals surface area contributed by atoms with Gasteiger partial charge in [-0.05, 0) is 24.5 Å². The first-order chi connectivity index (χ1) is 14.0. The number of hydrogen-bond acceptors (Lipinski definition) is 9. The number of fused-ring (bicyclic) bond motifs is 1. The number of guanidine groups is 1. The van der Waals surface area contributed by atoms with E-state index in [1.54, 1.807) is 0 Å². The Morgan fingerprint density at radius 1 is 1.31 bits per heavy atom. The maximum Gasteiger partial charge on any atom is 0.211 e. The van der Waals surface area contributed by atoms with Crippen LogP contribution in [0, 0.1) is 22.8 Å². The lowest BCUT2D eigenvalue weighted by atomic mass is 9.92. The Hall–Kier alpha value is -3.82. The van der Waals surface area contributed by atoms with Gasteiger partial charge in [0.25, 0.3) is 0 Å². The summed E-state index contributed by atoms with van der Waals surface area (Å²) in [5.41, 5.74) is 14.8. The van der Waals surface area contributed by atoms with Crippen molar-refractivity contribution in [3.05, 3.63) is 46.5 Å². The standard InChI is InChI=1S/C20H22N8O/c1-3-11(2)29-9-12-6-4-5-7-13(12)17-15-16(23)14(8-21)18(24)27-19(15)28-20(26-17)25-10-22/h4-7,11,17H,3,9H2,1-2H3,(H6,23,24,25,26,27,28). The van der Waals surface area contributed by atoms with E-state index in [1.165, 1.54) is 0 Å². The molecule has 0 amide bonds. The van der Waals surface area contributed by atoms with Crippen LogP contribution in [0.4, 0.5) is 17.3 Å². The van der Waals surface area contributed by atoms with Gasteiger partial charge < -0.3 is 21.5 Å². The van der Waals surface area contributed by atoms with E-state index in [0.29, 0.717) is 18.0 Å². The van der Waals surface area contributed by atoms with Gasteiger partial charge >= 0.3 is 0 Å². The third-order valence-corrected chi connectivity index (χ3v) is 4.81. The van der Waals surface area contributed by atoms with E-state index >= 15 is 0 Å². The van der Waals surface area contributed by atoms with Crippen molar-refractivity contribution in [2.45, 2.75) is 39.0 Å². The van der Waals surface area contributed by atoms with Crippen LogP contribution >= 0.6 is 0 Å². The zero-order valence-electron chi connectivity index (χ0n) is 16.2. The Balaban J connectivity index is 2.15. The number of anilines is 3. The number of aliphatic imine (C=N–C) groups is 1. The third-order valence-electron chi connectivity index (χ3n) is 4.81. The molecular formula is C20H22N8O. The van der Waals surface area contributed by atoms with E-state index in [1.807, 2.05) is 43.5 Å². The molecule has 0 saturated carbocycles. The molecule has 1 aliphatic heterocycles. The van der Waals surface area contributed by atoms with Crippen molar-refractivity contribution in [2.24, 2.45) is 4.99 Å². The fourth-order valence-corrected chi connectivity index (χ4v) is 3.09. The van der Waals surface area contributed by atoms with Crippen LogP contribution in [0.5, 0.6) is 0 Å². The van der Waals surface area contributed by atoms with Crippen LogP contribution in [0.2, 0.25) is 0 Å². The number of rotatable bonds is 5. The highest BCUT2D eigenvalue weighted by Gasteiger charge is 2.30. The van der Waals surface area contributed by atoms with Crippen molar-refractivity contribution in [1.29, 1.82) is 10.5 Å². The van der Waals surface area contributed by atoms with Crippen LogP contribution in [0.25, 0.3) is 0 Å². The van der Waals surface area contributed by atoms with Gasteiger partial charge in [-0.2, -0.15) is 10.5 Å². The number of benzene rings is 1. The van der Waals surface area contributed by atoms with E-state index in [4.69, 9.17) is 21.5 Å². The number of pyridine rings is 1. The van der Waals surface area contributed by atoms with Crippen LogP contribution < -0.4 is 22.1 Å². The molecule has 9 heteroatoms. The lowest BCUT2D eigenvalue weighted by Crippen LogP contribution is -2.33. The van der Waals surface area contributed by atoms with Gasteiger partial charge in [-0.15, -0.1) is 0 Å². The minimum absolute atomic E-state index is 0.0154. The van der Waals surface area contributed by atoms with Crippen LogP contribution in [0.1, 0.15) is 48.6 Å². The molecular weight excluding hydrogens is 368 g/mol. The van der Waals surface area contributed by atoms with Gasteiger partial charge in [-0.1, -0.05) is 31.2 Å². The summed E-state index contributed by atoms with van der Waals surface area (Å²) in [6.45, 7) is 4.47. The molecule has 0 bridgehead atoms. The average molecular weight is 390 g/mol. The number of hydrogen-bond donors (Lipinski definition) is 4. The highest BCUT2D eigenvalue weighted by atomic mass is 16.5. The van der Waals surface area contributed by atoms with Gasteiger partial charge in [-0.3, -0.25) is 5.32 Å². The Kier molecular flexibility index (Phi) is 5.82. The van der Waals surface area contributed by atoms with E-state index < -0.39 is 6.04 Å². The minimum atomic E-state index is -0.584. The SMILES string of the molecule is CCC(C)OCc1ccccc1C1N=C(NC#N)Nc2nc(N)c(C#N)c(N)c21. The topological polar surface area (TPSA) is 158 Å². The maximum absolute atomic E-state index is 9.44. The molecule has 29 heavy (non-hydrogen) atoms. The molecule has 2 atom stereocenters. The van der Waals surface area contributed by atoms with E-state index in [2.05, 4.69) is 27.5 Å². The largest absolute Gasteiger partial charge is 0.397 e. The summed E-state index contributed by atoms with van der Waals surface area (Å²) in [7, 11) is 0. The van der Waals surface area contributed by atoms with E-state index in [-0.39, 0.29) is 29.1 Å². The molecule has 1 aromatic carbocycles. The lowest BCUT2D eigenvalue weighted by molar-refractivity contribution is 0.0504. The highest BCUT2D eigenvalue weighted by molar-refractivity contribution is 5.98. The molecule has 0 fully saturated rings. The van der Waals surface area contributed by atoms with Crippen LogP contribution in [0.15, 0.2) is 29.3 Å². The van der Waals surface area contributed by atoms with Gasteiger partial charge in [0, 0.05) is 5.56 Å². The molecule has 2 aromatic rings. The molecule has 3 rings (SSSR count). The first-order valence-corrected chi connectivity index (χ1v) is 9.18. The molecule has 1 aromatic heterocycles. The van der Waals surface area contributed by atoms with Crippen LogP contribution in [0.3, 0.4) is 0 Å². The zero-order chi connectivity index (χ0) is 21.0. The molecule has 0 aliphatic carbocycles. The monoisotopic (exact) mass is 390 g/mol. The number of aromatic nitrogens is 1. The molecule has 148 valence electrons. The Bertz CT molecular complexity index is 1030. The predicted octanol–water partition coefficient (Wildman–Crippen LogP) is 2.37. The lowest BCUT2D eigenvalue weighted by Gasteiger charge is -2.27. The highest BCUT2D eigenvalue weighted by Crippen LogP contribution is 2.41. The van der Waals surface area contributed by atoms with Gasteiger partial charge in [0.05, 0.1) is 18.4 Å². The van der Waals surface area contributed by atoms with E-state index in [9.17, 15) is 5.26 Å². The van der Waals surface area contributed by atoms with Crippen molar-refractivity contribution >= 4 is 23.3 Å². The smallest absolute Gasteiger partial charge is 0.211 e. The number of nitrogens with one attached hydrogen (secondary N) is 2. The second-order valence-electron chi connectivity index (χ2n) is 6.63. The Morgan fingerprint density at radius 2 is 2.07 bits per heavy atom. The second-order valence-corrected chi connectivity index (χ2v) is 6.63. The van der Waals surface area contributed by atoms with Gasteiger partial charge in [0.15, 0.2) is 6.19 Å². The first kappa shape index (κ1) is 19.9. The quantitative estimate of drug-likeness (QED) is 0.447. The molecule has 2 heterocycles. The fraction of sp³-hybridized carbons (Fsp3) is 0.300. The second kappa shape index (κ2) is 8.46. The fourth-order valence-electron chi connectivity index (χ4n) is 3.09. The molecule has 0 saturated heterocycles. The Labute approximate surface area is 169 Å². The number of nitrogens with zero attached hydrogens (tertiary/aromatic N) is 4. The summed E-state index contributed by atoms with van der Waals surface area (Å²) >= 11 is 0. The van der Waals surface area contributed by atoms with Crippen molar-refractivity contribution in [2.75, 3.05) is 16.8 Å². The summed E-state index contributed by atoms with van der Waals surface area (Å²) in [4.78, 5) is 8.88. The van der Waals surface area contributed by atoms with Crippen molar-refractivity contribution in [1.82, 2.24) is 10.3 Å². The summed E-state index contributed by atoms with van der Waals surface area (Å²) in [5, 5.41) is 23.9. The third kappa shape index (κ3) is 3.91. The van der Waals surface area contributed by atoms with Crippen molar-refractivity contribution in [3.63, 3.8) is 0 Å². The van der Waals surface area contributed by atoms with Crippen LogP contribution in [-0.2, 0) is 11.3 Å². The number of nitrogen functional groups attached to an aromatic ring is 2. The zero-order valence-corrected chi connectivity index (χ0v) is 16.2. The van der Waals surface area contributed by atoms with Crippen LogP contribution in [-0.4, -0.2) is 17.0 Å². The Morgan fingerprint density at radius 3 is 2.76 bits per heavy atom.